The summed E-state index contributed by atoms with van der Waals surface area (Å²) in [5.74, 6) is 0.173. The minimum Gasteiger partial charge on any atom is -0.493 e. The molecule has 0 spiro atoms. The predicted octanol–water partition coefficient (Wildman–Crippen LogP) is 6.89. The molecule has 0 saturated carbocycles. The number of carboxylic acids is 1. The molecule has 3 aliphatic rings. The molecule has 0 radical (unpaired) electrons. The lowest BCUT2D eigenvalue weighted by atomic mass is 9.62. The van der Waals surface area contributed by atoms with Crippen molar-refractivity contribution in [3.05, 3.63) is 87.4 Å². The van der Waals surface area contributed by atoms with Gasteiger partial charge in [0.1, 0.15) is 0 Å². The molecule has 288 valence electrons. The number of halogens is 3. The summed E-state index contributed by atoms with van der Waals surface area (Å²) in [6.07, 6.45) is 3.72. The van der Waals surface area contributed by atoms with Crippen molar-refractivity contribution in [3.8, 4) is 17.2 Å². The molecule has 3 N–H and O–H groups in total. The Morgan fingerprint density at radius 3 is 1.98 bits per heavy atom. The van der Waals surface area contributed by atoms with Crippen LogP contribution in [0.1, 0.15) is 60.5 Å². The molecule has 3 unspecified atom stereocenters. The second-order valence-electron chi connectivity index (χ2n) is 13.6. The summed E-state index contributed by atoms with van der Waals surface area (Å²) < 4.78 is 16.5. The molecule has 3 fully saturated rings. The summed E-state index contributed by atoms with van der Waals surface area (Å²) in [6.45, 7) is 5.98. The van der Waals surface area contributed by atoms with E-state index < -0.39 is 16.8 Å². The number of carbonyl (C=O) groups excluding carboxylic acids is 2. The molecule has 0 aliphatic carbocycles. The number of amides is 3. The summed E-state index contributed by atoms with van der Waals surface area (Å²) >= 11 is 13.0. The Bertz CT molecular complexity index is 1740. The fraction of sp³-hybridized carbons (Fsp3) is 0.462. The third-order valence-electron chi connectivity index (χ3n) is 11.0. The van der Waals surface area contributed by atoms with Crippen molar-refractivity contribution >= 4 is 53.5 Å². The number of benzene rings is 3. The Balaban J connectivity index is 0.000000617. The zero-order chi connectivity index (χ0) is 37.6. The van der Waals surface area contributed by atoms with Gasteiger partial charge in [0, 0.05) is 43.2 Å². The quantitative estimate of drug-likeness (QED) is 0.239. The van der Waals surface area contributed by atoms with Gasteiger partial charge in [-0.15, -0.1) is 12.4 Å². The van der Waals surface area contributed by atoms with E-state index in [2.05, 4.69) is 11.8 Å². The van der Waals surface area contributed by atoms with Crippen LogP contribution >= 0.6 is 35.6 Å². The van der Waals surface area contributed by atoms with Crippen molar-refractivity contribution in [3.63, 3.8) is 0 Å². The number of hydrogen-bond acceptors (Lipinski definition) is 7. The minimum absolute atomic E-state index is 0. The number of likely N-dealkylation sites (tertiary alicyclic amines) is 3. The zero-order valence-electron chi connectivity index (χ0n) is 30.6. The first kappa shape index (κ1) is 41.9. The van der Waals surface area contributed by atoms with E-state index in [1.165, 1.54) is 21.3 Å². The summed E-state index contributed by atoms with van der Waals surface area (Å²) in [6, 6.07) is 18.0. The number of likely N-dealkylation sites (N-methyl/N-ethyl adjacent to an activating group) is 1. The van der Waals surface area contributed by atoms with Crippen LogP contribution in [0.25, 0.3) is 0 Å². The van der Waals surface area contributed by atoms with Crippen molar-refractivity contribution in [2.75, 3.05) is 60.6 Å². The van der Waals surface area contributed by atoms with Crippen LogP contribution in [0.4, 0.5) is 4.79 Å². The highest BCUT2D eigenvalue weighted by molar-refractivity contribution is 6.42. The van der Waals surface area contributed by atoms with Gasteiger partial charge >= 0.3 is 12.0 Å². The van der Waals surface area contributed by atoms with Gasteiger partial charge in [-0.25, -0.2) is 4.79 Å². The van der Waals surface area contributed by atoms with Gasteiger partial charge in [0.05, 0.1) is 36.8 Å². The van der Waals surface area contributed by atoms with E-state index >= 15 is 0 Å². The highest BCUT2D eigenvalue weighted by atomic mass is 35.5. The average molecular weight is 792 g/mol. The van der Waals surface area contributed by atoms with Crippen LogP contribution < -0.4 is 19.9 Å². The largest absolute Gasteiger partial charge is 0.493 e. The summed E-state index contributed by atoms with van der Waals surface area (Å²) in [5.41, 5.74) is 5.43. The number of carboxylic acid groups (broad SMARTS) is 1. The lowest BCUT2D eigenvalue weighted by Crippen LogP contribution is -2.60. The third kappa shape index (κ3) is 8.43. The van der Waals surface area contributed by atoms with Crippen LogP contribution in [-0.2, 0) is 15.6 Å². The SMILES string of the molecule is CCN1CCC(C(=O)O)(c2ccccc2)CC1C1(c2ccc(Cl)c(Cl)c2)CCN(C(=O)c2cc(OC)c(OC)c(OC)c2)C1.Cl.NC(=O)N1CCCC1. The van der Waals surface area contributed by atoms with Gasteiger partial charge < -0.3 is 34.9 Å². The van der Waals surface area contributed by atoms with Crippen molar-refractivity contribution < 1.29 is 33.7 Å². The number of rotatable bonds is 9. The molecule has 3 aromatic carbocycles. The number of methoxy groups -OCH3 is 3. The number of nitrogens with zero attached hydrogens (tertiary/aromatic N) is 3. The highest BCUT2D eigenvalue weighted by Crippen LogP contribution is 2.50. The van der Waals surface area contributed by atoms with Crippen molar-refractivity contribution in [2.24, 2.45) is 5.73 Å². The number of primary amides is 1. The van der Waals surface area contributed by atoms with E-state index in [-0.39, 0.29) is 30.4 Å². The van der Waals surface area contributed by atoms with E-state index in [9.17, 15) is 19.5 Å². The first-order valence-electron chi connectivity index (χ1n) is 17.6. The number of aliphatic carboxylic acids is 1. The normalized spacial score (nSPS) is 22.6. The monoisotopic (exact) mass is 790 g/mol. The molecule has 0 aromatic heterocycles. The van der Waals surface area contributed by atoms with Crippen LogP contribution in [-0.4, -0.2) is 104 Å². The summed E-state index contributed by atoms with van der Waals surface area (Å²) in [4.78, 5) is 43.5. The van der Waals surface area contributed by atoms with Gasteiger partial charge in [-0.2, -0.15) is 0 Å². The fourth-order valence-corrected chi connectivity index (χ4v) is 8.45. The van der Waals surface area contributed by atoms with E-state index in [1.807, 2.05) is 47.4 Å². The first-order valence-corrected chi connectivity index (χ1v) is 18.3. The summed E-state index contributed by atoms with van der Waals surface area (Å²) in [7, 11) is 4.55. The van der Waals surface area contributed by atoms with Crippen LogP contribution in [0.5, 0.6) is 17.2 Å². The van der Waals surface area contributed by atoms with E-state index in [0.29, 0.717) is 71.8 Å². The van der Waals surface area contributed by atoms with Gasteiger partial charge in [-0.05, 0) is 80.6 Å². The number of nitrogens with two attached hydrogens (primary N) is 1. The molecule has 53 heavy (non-hydrogen) atoms. The molecule has 14 heteroatoms. The van der Waals surface area contributed by atoms with Crippen molar-refractivity contribution in [1.29, 1.82) is 0 Å². The van der Waals surface area contributed by atoms with E-state index in [1.54, 1.807) is 23.1 Å². The van der Waals surface area contributed by atoms with E-state index in [0.717, 1.165) is 43.6 Å². The van der Waals surface area contributed by atoms with Gasteiger partial charge in [-0.1, -0.05) is 66.5 Å². The molecule has 3 atom stereocenters. The summed E-state index contributed by atoms with van der Waals surface area (Å²) in [5, 5.41) is 11.6. The van der Waals surface area contributed by atoms with Gasteiger partial charge in [0.2, 0.25) is 5.75 Å². The highest BCUT2D eigenvalue weighted by Gasteiger charge is 2.56. The first-order chi connectivity index (χ1) is 24.9. The zero-order valence-corrected chi connectivity index (χ0v) is 32.9. The van der Waals surface area contributed by atoms with E-state index in [4.69, 9.17) is 43.1 Å². The third-order valence-corrected chi connectivity index (χ3v) is 11.7. The number of ether oxygens (including phenoxy) is 3. The Labute approximate surface area is 327 Å². The Kier molecular flexibility index (Phi) is 14.2. The lowest BCUT2D eigenvalue weighted by Gasteiger charge is -2.52. The molecule has 3 heterocycles. The minimum atomic E-state index is -1.07. The fourth-order valence-electron chi connectivity index (χ4n) is 8.15. The number of urea groups is 1. The van der Waals surface area contributed by atoms with Gasteiger partial charge in [0.25, 0.3) is 5.91 Å². The molecule has 11 nitrogen and oxygen atoms in total. The van der Waals surface area contributed by atoms with Crippen LogP contribution in [0, 0.1) is 0 Å². The second-order valence-corrected chi connectivity index (χ2v) is 14.4. The lowest BCUT2D eigenvalue weighted by molar-refractivity contribution is -0.147. The molecule has 3 amide bonds. The maximum Gasteiger partial charge on any atom is 0.314 e. The van der Waals surface area contributed by atoms with Gasteiger partial charge in [0.15, 0.2) is 11.5 Å². The van der Waals surface area contributed by atoms with Gasteiger partial charge in [-0.3, -0.25) is 14.5 Å². The molecule has 0 bridgehead atoms. The molecule has 3 aromatic rings. The van der Waals surface area contributed by atoms with Crippen molar-refractivity contribution in [2.45, 2.75) is 55.9 Å². The predicted molar refractivity (Wildman–Crippen MR) is 208 cm³/mol. The molecular formula is C39H49Cl3N4O7. The van der Waals surface area contributed by atoms with Crippen LogP contribution in [0.3, 0.4) is 0 Å². The maximum absolute atomic E-state index is 14.1. The topological polar surface area (TPSA) is 135 Å². The Hall–Kier alpha value is -3.90. The molecule has 3 saturated heterocycles. The Morgan fingerprint density at radius 2 is 1.47 bits per heavy atom. The Morgan fingerprint density at radius 1 is 0.830 bits per heavy atom. The number of piperidine rings is 1. The maximum atomic E-state index is 14.1. The number of hydrogen-bond donors (Lipinski definition) is 2. The van der Waals surface area contributed by atoms with Crippen LogP contribution in [0.15, 0.2) is 60.7 Å². The van der Waals surface area contributed by atoms with Crippen LogP contribution in [0.2, 0.25) is 10.0 Å². The second kappa shape index (κ2) is 18.0. The molecular weight excluding hydrogens is 743 g/mol. The number of carbonyl (C=O) groups is 3. The smallest absolute Gasteiger partial charge is 0.314 e. The molecule has 3 aliphatic heterocycles. The van der Waals surface area contributed by atoms with Crippen molar-refractivity contribution in [1.82, 2.24) is 14.7 Å². The standard InChI is InChI=1S/C34H38Cl2N2O6.C5H10N2O.ClH/c1-5-37-15-13-33(32(40)41,23-9-7-6-8-10-23)20-29(37)34(24-11-12-25(35)26(36)19-24)14-16-38(21-34)31(39)22-17-27(42-2)30(44-4)28(18-22)43-3;6-5(8)7-3-1-2-4-7;/h6-12,17-19,29H,5,13-16,20-21H2,1-4H3,(H,40,41);1-4H2,(H2,6,8);1H. The average Bonchev–Trinajstić information content (AvgIpc) is 3.88. The molecule has 6 rings (SSSR count).